The van der Waals surface area contributed by atoms with E-state index in [0.717, 1.165) is 44.0 Å². The first kappa shape index (κ1) is 18.5. The van der Waals surface area contributed by atoms with Gasteiger partial charge in [-0.05, 0) is 36.6 Å². The zero-order valence-electron chi connectivity index (χ0n) is 15.7. The molecule has 26 heavy (non-hydrogen) atoms. The van der Waals surface area contributed by atoms with Crippen LogP contribution in [0.4, 0.5) is 0 Å². The Morgan fingerprint density at radius 3 is 2.42 bits per heavy atom. The molecule has 2 aromatic carbocycles. The molecular formula is C22H28N2O2. The van der Waals surface area contributed by atoms with Gasteiger partial charge in [0, 0.05) is 32.7 Å². The number of carbonyl (C=O) groups excluding carboxylic acids is 1. The van der Waals surface area contributed by atoms with Crippen molar-refractivity contribution in [3.8, 4) is 5.75 Å². The number of benzene rings is 2. The van der Waals surface area contributed by atoms with Gasteiger partial charge >= 0.3 is 0 Å². The van der Waals surface area contributed by atoms with Gasteiger partial charge in [-0.1, -0.05) is 49.4 Å². The van der Waals surface area contributed by atoms with Crippen LogP contribution in [0, 0.1) is 6.92 Å². The molecule has 1 amide bonds. The van der Waals surface area contributed by atoms with Crippen molar-refractivity contribution in [3.05, 3.63) is 65.7 Å². The molecule has 4 nitrogen and oxygen atoms in total. The Kier molecular flexibility index (Phi) is 6.29. The zero-order chi connectivity index (χ0) is 18.4. The number of hydrogen-bond donors (Lipinski definition) is 0. The van der Waals surface area contributed by atoms with Gasteiger partial charge in [0.25, 0.3) is 5.91 Å². The van der Waals surface area contributed by atoms with Crippen LogP contribution < -0.4 is 4.74 Å². The third-order valence-electron chi connectivity index (χ3n) is 4.85. The Morgan fingerprint density at radius 2 is 1.77 bits per heavy atom. The minimum absolute atomic E-state index is 0.105. The molecular weight excluding hydrogens is 324 g/mol. The fraction of sp³-hybridized carbons (Fsp3) is 0.409. The van der Waals surface area contributed by atoms with Gasteiger partial charge in [0.05, 0.1) is 0 Å². The fourth-order valence-corrected chi connectivity index (χ4v) is 3.33. The minimum Gasteiger partial charge on any atom is -0.481 e. The lowest BCUT2D eigenvalue weighted by molar-refractivity contribution is -0.140. The van der Waals surface area contributed by atoms with Crippen LogP contribution >= 0.6 is 0 Å². The summed E-state index contributed by atoms with van der Waals surface area (Å²) in [6.07, 6.45) is 0.272. The van der Waals surface area contributed by atoms with E-state index in [1.54, 1.807) is 0 Å². The molecule has 0 saturated carbocycles. The van der Waals surface area contributed by atoms with Crippen molar-refractivity contribution in [2.75, 3.05) is 26.2 Å². The van der Waals surface area contributed by atoms with Crippen LogP contribution in [-0.2, 0) is 11.3 Å². The number of nitrogens with zero attached hydrogens (tertiary/aromatic N) is 2. The molecule has 0 N–H and O–H groups in total. The van der Waals surface area contributed by atoms with Crippen molar-refractivity contribution in [1.82, 2.24) is 9.80 Å². The highest BCUT2D eigenvalue weighted by Crippen LogP contribution is 2.17. The highest BCUT2D eigenvalue weighted by Gasteiger charge is 2.27. The van der Waals surface area contributed by atoms with Crippen LogP contribution in [0.3, 0.4) is 0 Å². The summed E-state index contributed by atoms with van der Waals surface area (Å²) in [6, 6.07) is 18.4. The van der Waals surface area contributed by atoms with E-state index in [2.05, 4.69) is 29.2 Å². The topological polar surface area (TPSA) is 32.8 Å². The SMILES string of the molecule is CC[C@H](Oc1cccc(C)c1)C(=O)N1CCN(Cc2ccccc2)CC1. The highest BCUT2D eigenvalue weighted by molar-refractivity contribution is 5.81. The fourth-order valence-electron chi connectivity index (χ4n) is 3.33. The van der Waals surface area contributed by atoms with Gasteiger partial charge in [-0.25, -0.2) is 0 Å². The molecule has 0 unspecified atom stereocenters. The maximum Gasteiger partial charge on any atom is 0.263 e. The Bertz CT molecular complexity index is 709. The lowest BCUT2D eigenvalue weighted by Crippen LogP contribution is -2.52. The summed E-state index contributed by atoms with van der Waals surface area (Å²) in [7, 11) is 0. The highest BCUT2D eigenvalue weighted by atomic mass is 16.5. The van der Waals surface area contributed by atoms with Crippen LogP contribution in [0.15, 0.2) is 54.6 Å². The van der Waals surface area contributed by atoms with Crippen LogP contribution in [0.5, 0.6) is 5.75 Å². The van der Waals surface area contributed by atoms with Crippen molar-refractivity contribution in [2.24, 2.45) is 0 Å². The van der Waals surface area contributed by atoms with Gasteiger partial charge in [0.1, 0.15) is 5.75 Å². The Labute approximate surface area is 156 Å². The van der Waals surface area contributed by atoms with Crippen molar-refractivity contribution >= 4 is 5.91 Å². The van der Waals surface area contributed by atoms with Gasteiger partial charge in [-0.15, -0.1) is 0 Å². The Balaban J connectivity index is 1.53. The van der Waals surface area contributed by atoms with E-state index in [9.17, 15) is 4.79 Å². The molecule has 1 atom stereocenters. The first-order valence-electron chi connectivity index (χ1n) is 9.44. The molecule has 0 bridgehead atoms. The van der Waals surface area contributed by atoms with Crippen molar-refractivity contribution in [3.63, 3.8) is 0 Å². The predicted molar refractivity (Wildman–Crippen MR) is 104 cm³/mol. The molecule has 2 aromatic rings. The molecule has 1 saturated heterocycles. The standard InChI is InChI=1S/C22H28N2O2/c1-3-21(26-20-11-7-8-18(2)16-20)22(25)24-14-12-23(13-15-24)17-19-9-5-4-6-10-19/h4-11,16,21H,3,12-15,17H2,1-2H3/t21-/m0/s1. The van der Waals surface area contributed by atoms with Crippen molar-refractivity contribution in [1.29, 1.82) is 0 Å². The number of ether oxygens (including phenoxy) is 1. The summed E-state index contributed by atoms with van der Waals surface area (Å²) >= 11 is 0. The number of hydrogen-bond acceptors (Lipinski definition) is 3. The van der Waals surface area contributed by atoms with Crippen LogP contribution in [0.25, 0.3) is 0 Å². The minimum atomic E-state index is -0.405. The predicted octanol–water partition coefficient (Wildman–Crippen LogP) is 3.50. The molecule has 0 aliphatic carbocycles. The van der Waals surface area contributed by atoms with E-state index < -0.39 is 6.10 Å². The van der Waals surface area contributed by atoms with Gasteiger partial charge in [0.15, 0.2) is 6.10 Å². The second-order valence-corrected chi connectivity index (χ2v) is 6.92. The van der Waals surface area contributed by atoms with E-state index in [1.807, 2.05) is 49.1 Å². The summed E-state index contributed by atoms with van der Waals surface area (Å²) in [5, 5.41) is 0. The normalized spacial score (nSPS) is 16.3. The molecule has 138 valence electrons. The van der Waals surface area contributed by atoms with Crippen LogP contribution in [0.1, 0.15) is 24.5 Å². The number of aryl methyl sites for hydroxylation is 1. The second kappa shape index (κ2) is 8.86. The van der Waals surface area contributed by atoms with Crippen molar-refractivity contribution < 1.29 is 9.53 Å². The average molecular weight is 352 g/mol. The maximum absolute atomic E-state index is 12.9. The van der Waals surface area contributed by atoms with Crippen LogP contribution in [0.2, 0.25) is 0 Å². The second-order valence-electron chi connectivity index (χ2n) is 6.92. The molecule has 3 rings (SSSR count). The Morgan fingerprint density at radius 1 is 1.04 bits per heavy atom. The average Bonchev–Trinajstić information content (AvgIpc) is 2.67. The van der Waals surface area contributed by atoms with E-state index in [-0.39, 0.29) is 5.91 Å². The number of rotatable bonds is 6. The quantitative estimate of drug-likeness (QED) is 0.798. The molecule has 0 aromatic heterocycles. The van der Waals surface area contributed by atoms with Gasteiger partial charge < -0.3 is 9.64 Å². The summed E-state index contributed by atoms with van der Waals surface area (Å²) in [4.78, 5) is 17.2. The molecule has 1 heterocycles. The number of piperazine rings is 1. The van der Waals surface area contributed by atoms with Crippen molar-refractivity contribution in [2.45, 2.75) is 32.9 Å². The lowest BCUT2D eigenvalue weighted by atomic mass is 10.1. The molecule has 1 aliphatic heterocycles. The molecule has 4 heteroatoms. The summed E-state index contributed by atoms with van der Waals surface area (Å²) in [6.45, 7) is 8.31. The van der Waals surface area contributed by atoms with Gasteiger partial charge in [0.2, 0.25) is 0 Å². The summed E-state index contributed by atoms with van der Waals surface area (Å²) in [5.41, 5.74) is 2.46. The molecule has 0 radical (unpaired) electrons. The Hall–Kier alpha value is -2.33. The molecule has 0 spiro atoms. The largest absolute Gasteiger partial charge is 0.481 e. The van der Waals surface area contributed by atoms with E-state index >= 15 is 0 Å². The first-order chi connectivity index (χ1) is 12.7. The number of carbonyl (C=O) groups is 1. The summed E-state index contributed by atoms with van der Waals surface area (Å²) in [5.74, 6) is 0.876. The van der Waals surface area contributed by atoms with Gasteiger partial charge in [-0.2, -0.15) is 0 Å². The number of amides is 1. The van der Waals surface area contributed by atoms with E-state index in [4.69, 9.17) is 4.74 Å². The molecule has 1 aliphatic rings. The van der Waals surface area contributed by atoms with Gasteiger partial charge in [-0.3, -0.25) is 9.69 Å². The zero-order valence-corrected chi connectivity index (χ0v) is 15.7. The maximum atomic E-state index is 12.9. The first-order valence-corrected chi connectivity index (χ1v) is 9.44. The third-order valence-corrected chi connectivity index (χ3v) is 4.85. The lowest BCUT2D eigenvalue weighted by Gasteiger charge is -2.36. The van der Waals surface area contributed by atoms with E-state index in [1.165, 1.54) is 5.56 Å². The smallest absolute Gasteiger partial charge is 0.263 e. The third kappa shape index (κ3) is 4.85. The van der Waals surface area contributed by atoms with Crippen LogP contribution in [-0.4, -0.2) is 48.0 Å². The summed E-state index contributed by atoms with van der Waals surface area (Å²) < 4.78 is 5.98. The monoisotopic (exact) mass is 352 g/mol. The van der Waals surface area contributed by atoms with E-state index in [0.29, 0.717) is 6.42 Å². The molecule has 1 fully saturated rings.